The van der Waals surface area contributed by atoms with E-state index in [9.17, 15) is 17.6 Å². The molecule has 1 amide bonds. The Morgan fingerprint density at radius 2 is 1.97 bits per heavy atom. The van der Waals surface area contributed by atoms with Crippen LogP contribution in [-0.4, -0.2) is 48.0 Å². The van der Waals surface area contributed by atoms with Gasteiger partial charge in [0.05, 0.1) is 5.02 Å². The first kappa shape index (κ1) is 23.7. The number of nitrogens with zero attached hydrogens (tertiary/aromatic N) is 3. The van der Waals surface area contributed by atoms with Crippen molar-refractivity contribution in [1.29, 1.82) is 0 Å². The summed E-state index contributed by atoms with van der Waals surface area (Å²) in [5, 5.41) is 8.52. The summed E-state index contributed by atoms with van der Waals surface area (Å²) in [7, 11) is -3.93. The second kappa shape index (κ2) is 8.69. The van der Waals surface area contributed by atoms with Crippen molar-refractivity contribution in [1.82, 2.24) is 15.3 Å². The maximum atomic E-state index is 14.1. The number of nitrogens with one attached hydrogen (secondary N) is 1. The second-order valence-corrected chi connectivity index (χ2v) is 10.8. The Bertz CT molecular complexity index is 1160. The third-order valence-electron chi connectivity index (χ3n) is 6.04. The Hall–Kier alpha value is -2.50. The van der Waals surface area contributed by atoms with Gasteiger partial charge in [0.2, 0.25) is 10.0 Å². The van der Waals surface area contributed by atoms with Crippen LogP contribution < -0.4 is 20.1 Å². The maximum absolute atomic E-state index is 14.1. The molecule has 2 saturated heterocycles. The molecular weight excluding hydrogens is 473 g/mol. The Balaban J connectivity index is 1.46. The van der Waals surface area contributed by atoms with Gasteiger partial charge in [0.1, 0.15) is 10.7 Å². The zero-order valence-electron chi connectivity index (χ0n) is 18.2. The smallest absolute Gasteiger partial charge is 0.263 e. The number of primary sulfonamides is 1. The standard InChI is InChI=1S/C21H25ClFN5O4S/c1-21(2,32-19-16(23)8-12(22)11-26-19)20(29)27-13-9-14-5-6-15(10-13)28(14)18-17(33(24,30)31)4-3-7-25-18/h3-4,7-8,11,13-15H,5-6,9-10H2,1-2H3,(H,27,29)(H2,24,30,31)/t13-,14+,15-. The molecule has 33 heavy (non-hydrogen) atoms. The van der Waals surface area contributed by atoms with E-state index < -0.39 is 27.3 Å². The van der Waals surface area contributed by atoms with E-state index >= 15 is 0 Å². The van der Waals surface area contributed by atoms with Gasteiger partial charge in [-0.25, -0.2) is 27.9 Å². The van der Waals surface area contributed by atoms with Crippen LogP contribution in [0.15, 0.2) is 35.5 Å². The fraction of sp³-hybridized carbons (Fsp3) is 0.476. The number of piperidine rings is 1. The molecule has 178 valence electrons. The van der Waals surface area contributed by atoms with Gasteiger partial charge in [0, 0.05) is 30.5 Å². The minimum atomic E-state index is -3.93. The maximum Gasteiger partial charge on any atom is 0.263 e. The second-order valence-electron chi connectivity index (χ2n) is 8.86. The van der Waals surface area contributed by atoms with Crippen molar-refractivity contribution in [3.05, 3.63) is 41.4 Å². The molecular formula is C21H25ClFN5O4S. The highest BCUT2D eigenvalue weighted by Gasteiger charge is 2.44. The van der Waals surface area contributed by atoms with E-state index in [1.54, 1.807) is 12.3 Å². The molecule has 3 N–H and O–H groups in total. The van der Waals surface area contributed by atoms with E-state index in [0.29, 0.717) is 18.7 Å². The summed E-state index contributed by atoms with van der Waals surface area (Å²) < 4.78 is 43.7. The van der Waals surface area contributed by atoms with Crippen LogP contribution in [0.3, 0.4) is 0 Å². The van der Waals surface area contributed by atoms with Crippen molar-refractivity contribution in [2.24, 2.45) is 5.14 Å². The van der Waals surface area contributed by atoms with E-state index in [1.165, 1.54) is 26.1 Å². The molecule has 0 aromatic carbocycles. The minimum Gasteiger partial charge on any atom is -0.459 e. The Morgan fingerprint density at radius 3 is 2.58 bits per heavy atom. The lowest BCUT2D eigenvalue weighted by atomic mass is 9.96. The number of halogens is 2. The first-order valence-corrected chi connectivity index (χ1v) is 12.5. The first-order chi connectivity index (χ1) is 15.5. The van der Waals surface area contributed by atoms with E-state index in [4.69, 9.17) is 21.5 Å². The number of amides is 1. The molecule has 0 aliphatic carbocycles. The molecule has 0 saturated carbocycles. The Morgan fingerprint density at radius 1 is 1.30 bits per heavy atom. The van der Waals surface area contributed by atoms with Crippen molar-refractivity contribution in [3.63, 3.8) is 0 Å². The Kier molecular flexibility index (Phi) is 6.23. The number of carbonyl (C=O) groups is 1. The molecule has 0 spiro atoms. The van der Waals surface area contributed by atoms with E-state index in [2.05, 4.69) is 15.3 Å². The number of fused-ring (bicyclic) bond motifs is 2. The average molecular weight is 498 g/mol. The molecule has 0 radical (unpaired) electrons. The number of anilines is 1. The topological polar surface area (TPSA) is 128 Å². The van der Waals surface area contributed by atoms with Gasteiger partial charge in [0.25, 0.3) is 11.8 Å². The highest BCUT2D eigenvalue weighted by atomic mass is 35.5. The third kappa shape index (κ3) is 4.90. The molecule has 2 aromatic heterocycles. The molecule has 0 unspecified atom stereocenters. The molecule has 9 nitrogen and oxygen atoms in total. The van der Waals surface area contributed by atoms with Crippen molar-refractivity contribution in [3.8, 4) is 5.88 Å². The van der Waals surface area contributed by atoms with Crippen LogP contribution in [0.1, 0.15) is 39.5 Å². The van der Waals surface area contributed by atoms with Crippen LogP contribution in [0.25, 0.3) is 0 Å². The van der Waals surface area contributed by atoms with Gasteiger partial charge in [-0.05, 0) is 57.7 Å². The van der Waals surface area contributed by atoms with Crippen LogP contribution in [0.2, 0.25) is 5.02 Å². The van der Waals surface area contributed by atoms with Crippen LogP contribution in [0.4, 0.5) is 10.2 Å². The molecule has 2 aromatic rings. The fourth-order valence-electron chi connectivity index (χ4n) is 4.56. The van der Waals surface area contributed by atoms with Crippen LogP contribution in [0.5, 0.6) is 5.88 Å². The van der Waals surface area contributed by atoms with E-state index in [0.717, 1.165) is 18.9 Å². The monoisotopic (exact) mass is 497 g/mol. The van der Waals surface area contributed by atoms with Gasteiger partial charge < -0.3 is 15.0 Å². The molecule has 2 aliphatic heterocycles. The number of nitrogens with two attached hydrogens (primary N) is 1. The fourth-order valence-corrected chi connectivity index (χ4v) is 5.39. The van der Waals surface area contributed by atoms with Crippen LogP contribution in [-0.2, 0) is 14.8 Å². The normalized spacial score (nSPS) is 22.8. The number of hydrogen-bond acceptors (Lipinski definition) is 7. The lowest BCUT2D eigenvalue weighted by Gasteiger charge is -2.41. The molecule has 4 heterocycles. The minimum absolute atomic E-state index is 0.00332. The van der Waals surface area contributed by atoms with Crippen molar-refractivity contribution < 1.29 is 22.3 Å². The summed E-state index contributed by atoms with van der Waals surface area (Å²) in [6, 6.07) is 3.91. The summed E-state index contributed by atoms with van der Waals surface area (Å²) >= 11 is 5.72. The highest BCUT2D eigenvalue weighted by Crippen LogP contribution is 2.40. The van der Waals surface area contributed by atoms with E-state index in [1.807, 2.05) is 4.90 Å². The lowest BCUT2D eigenvalue weighted by Crippen LogP contribution is -2.55. The Labute approximate surface area is 196 Å². The largest absolute Gasteiger partial charge is 0.459 e. The molecule has 12 heteroatoms. The number of hydrogen-bond donors (Lipinski definition) is 2. The summed E-state index contributed by atoms with van der Waals surface area (Å²) in [5.74, 6) is -1.11. The summed E-state index contributed by atoms with van der Waals surface area (Å²) in [6.07, 6.45) is 5.68. The average Bonchev–Trinajstić information content (AvgIpc) is 2.99. The van der Waals surface area contributed by atoms with Gasteiger partial charge >= 0.3 is 0 Å². The van der Waals surface area contributed by atoms with Gasteiger partial charge in [-0.3, -0.25) is 4.79 Å². The number of aromatic nitrogens is 2. The van der Waals surface area contributed by atoms with Gasteiger partial charge in [-0.1, -0.05) is 11.6 Å². The van der Waals surface area contributed by atoms with Gasteiger partial charge in [0.15, 0.2) is 11.4 Å². The predicted molar refractivity (Wildman–Crippen MR) is 120 cm³/mol. The summed E-state index contributed by atoms with van der Waals surface area (Å²) in [5.41, 5.74) is -1.38. The van der Waals surface area contributed by atoms with E-state index in [-0.39, 0.29) is 33.9 Å². The zero-order valence-corrected chi connectivity index (χ0v) is 19.7. The molecule has 2 bridgehead atoms. The first-order valence-electron chi connectivity index (χ1n) is 10.5. The molecule has 3 atom stereocenters. The number of ether oxygens (including phenoxy) is 1. The molecule has 2 fully saturated rings. The van der Waals surface area contributed by atoms with Crippen molar-refractivity contribution in [2.45, 2.75) is 68.2 Å². The van der Waals surface area contributed by atoms with Gasteiger partial charge in [-0.15, -0.1) is 0 Å². The zero-order chi connectivity index (χ0) is 24.0. The third-order valence-corrected chi connectivity index (χ3v) is 7.18. The van der Waals surface area contributed by atoms with Crippen LogP contribution in [0, 0.1) is 5.82 Å². The highest BCUT2D eigenvalue weighted by molar-refractivity contribution is 7.89. The van der Waals surface area contributed by atoms with Gasteiger partial charge in [-0.2, -0.15) is 0 Å². The number of carbonyl (C=O) groups excluding carboxylic acids is 1. The SMILES string of the molecule is CC(C)(Oc1ncc(Cl)cc1F)C(=O)N[C@H]1C[C@H]2CC[C@@H](C1)N2c1ncccc1S(N)(=O)=O. The molecule has 2 aliphatic rings. The number of rotatable bonds is 6. The van der Waals surface area contributed by atoms with Crippen LogP contribution >= 0.6 is 11.6 Å². The number of sulfonamides is 1. The predicted octanol–water partition coefficient (Wildman–Crippen LogP) is 2.39. The molecule has 4 rings (SSSR count). The quantitative estimate of drug-likeness (QED) is 0.627. The summed E-state index contributed by atoms with van der Waals surface area (Å²) in [6.45, 7) is 3.07. The summed E-state index contributed by atoms with van der Waals surface area (Å²) in [4.78, 5) is 23.1. The van der Waals surface area contributed by atoms with Crippen molar-refractivity contribution >= 4 is 33.3 Å². The number of pyridine rings is 2. The lowest BCUT2D eigenvalue weighted by molar-refractivity contribution is -0.135. The van der Waals surface area contributed by atoms with Crippen molar-refractivity contribution in [2.75, 3.05) is 4.90 Å².